The first-order chi connectivity index (χ1) is 29.0. The molecule has 0 aromatic carbocycles. The highest BCUT2D eigenvalue weighted by atomic mass is 16.6. The highest BCUT2D eigenvalue weighted by Gasteiger charge is 2.19. The molecule has 1 unspecified atom stereocenters. The van der Waals surface area contributed by atoms with Gasteiger partial charge in [0.2, 0.25) is 0 Å². The van der Waals surface area contributed by atoms with Crippen LogP contribution in [0.1, 0.15) is 265 Å². The Morgan fingerprint density at radius 2 is 0.610 bits per heavy atom. The second-order valence-corrected chi connectivity index (χ2v) is 17.1. The summed E-state index contributed by atoms with van der Waals surface area (Å²) in [6.45, 7) is 6.59. The molecule has 0 amide bonds. The van der Waals surface area contributed by atoms with Crippen LogP contribution in [0.4, 0.5) is 0 Å². The van der Waals surface area contributed by atoms with Crippen LogP contribution < -0.4 is 0 Å². The predicted molar refractivity (Wildman–Crippen MR) is 252 cm³/mol. The van der Waals surface area contributed by atoms with E-state index < -0.39 is 6.10 Å². The number of rotatable bonds is 46. The number of allylic oxidation sites excluding steroid dienone is 6. The number of carbonyl (C=O) groups is 3. The van der Waals surface area contributed by atoms with Crippen molar-refractivity contribution >= 4 is 17.9 Å². The molecule has 0 saturated carbocycles. The van der Waals surface area contributed by atoms with Gasteiger partial charge in [-0.05, 0) is 77.0 Å². The largest absolute Gasteiger partial charge is 0.462 e. The van der Waals surface area contributed by atoms with Crippen molar-refractivity contribution in [2.75, 3.05) is 13.2 Å². The third kappa shape index (κ3) is 46.5. The highest BCUT2D eigenvalue weighted by molar-refractivity contribution is 5.71. The highest BCUT2D eigenvalue weighted by Crippen LogP contribution is 2.14. The predicted octanol–water partition coefficient (Wildman–Crippen LogP) is 16.5. The Kier molecular flexibility index (Phi) is 46.4. The van der Waals surface area contributed by atoms with Crippen LogP contribution in [0.2, 0.25) is 0 Å². The quantitative estimate of drug-likeness (QED) is 0.0263. The maximum Gasteiger partial charge on any atom is 0.306 e. The molecule has 0 fully saturated rings. The summed E-state index contributed by atoms with van der Waals surface area (Å²) in [5, 5.41) is 0. The fourth-order valence-electron chi connectivity index (χ4n) is 7.23. The lowest BCUT2D eigenvalue weighted by atomic mass is 10.1. The monoisotopic (exact) mass is 829 g/mol. The number of carbonyl (C=O) groups excluding carboxylic acids is 3. The zero-order chi connectivity index (χ0) is 43.0. The smallest absolute Gasteiger partial charge is 0.306 e. The van der Waals surface area contributed by atoms with Gasteiger partial charge in [0, 0.05) is 19.3 Å². The average Bonchev–Trinajstić information content (AvgIpc) is 3.23. The molecule has 0 heterocycles. The van der Waals surface area contributed by atoms with E-state index in [1.807, 2.05) is 0 Å². The molecule has 0 aliphatic heterocycles. The van der Waals surface area contributed by atoms with Gasteiger partial charge in [-0.2, -0.15) is 0 Å². The van der Waals surface area contributed by atoms with Crippen molar-refractivity contribution in [1.29, 1.82) is 0 Å². The normalized spacial score (nSPS) is 12.3. The summed E-state index contributed by atoms with van der Waals surface area (Å²) < 4.78 is 16.7. The van der Waals surface area contributed by atoms with Gasteiger partial charge in [-0.25, -0.2) is 0 Å². The van der Waals surface area contributed by atoms with Gasteiger partial charge in [0.15, 0.2) is 6.10 Å². The lowest BCUT2D eigenvalue weighted by Gasteiger charge is -2.18. The van der Waals surface area contributed by atoms with Crippen LogP contribution in [0.25, 0.3) is 0 Å². The van der Waals surface area contributed by atoms with Crippen molar-refractivity contribution in [3.05, 3.63) is 36.5 Å². The zero-order valence-electron chi connectivity index (χ0n) is 39.3. The Balaban J connectivity index is 4.32. The summed E-state index contributed by atoms with van der Waals surface area (Å²) in [7, 11) is 0. The molecule has 0 spiro atoms. The van der Waals surface area contributed by atoms with Crippen LogP contribution in [-0.4, -0.2) is 37.2 Å². The minimum atomic E-state index is -0.774. The van der Waals surface area contributed by atoms with E-state index in [1.54, 1.807) is 0 Å². The van der Waals surface area contributed by atoms with E-state index in [9.17, 15) is 14.4 Å². The van der Waals surface area contributed by atoms with Crippen molar-refractivity contribution in [3.63, 3.8) is 0 Å². The third-order valence-electron chi connectivity index (χ3n) is 11.1. The molecular formula is C53H96O6. The molecule has 1 atom stereocenters. The lowest BCUT2D eigenvalue weighted by molar-refractivity contribution is -0.167. The fraction of sp³-hybridized carbons (Fsp3) is 0.830. The summed E-state index contributed by atoms with van der Waals surface area (Å²) >= 11 is 0. The molecule has 0 aliphatic rings. The number of hydrogen-bond acceptors (Lipinski definition) is 6. The Morgan fingerprint density at radius 3 is 0.966 bits per heavy atom. The first kappa shape index (κ1) is 56.6. The van der Waals surface area contributed by atoms with E-state index >= 15 is 0 Å². The van der Waals surface area contributed by atoms with Crippen LogP contribution in [0.15, 0.2) is 36.5 Å². The summed E-state index contributed by atoms with van der Waals surface area (Å²) in [6, 6.07) is 0. The van der Waals surface area contributed by atoms with E-state index in [0.717, 1.165) is 77.0 Å². The Morgan fingerprint density at radius 1 is 0.339 bits per heavy atom. The maximum absolute atomic E-state index is 12.8. The molecule has 0 radical (unpaired) electrons. The molecule has 0 bridgehead atoms. The number of hydrogen-bond donors (Lipinski definition) is 0. The van der Waals surface area contributed by atoms with Crippen molar-refractivity contribution in [3.8, 4) is 0 Å². The molecule has 0 saturated heterocycles. The van der Waals surface area contributed by atoms with Crippen molar-refractivity contribution < 1.29 is 28.6 Å². The first-order valence-electron chi connectivity index (χ1n) is 25.5. The summed E-state index contributed by atoms with van der Waals surface area (Å²) in [5.74, 6) is -0.888. The minimum Gasteiger partial charge on any atom is -0.462 e. The Hall–Kier alpha value is -2.37. The van der Waals surface area contributed by atoms with Gasteiger partial charge in [-0.1, -0.05) is 205 Å². The first-order valence-corrected chi connectivity index (χ1v) is 25.5. The second kappa shape index (κ2) is 48.3. The topological polar surface area (TPSA) is 78.9 Å². The summed E-state index contributed by atoms with van der Waals surface area (Å²) in [4.78, 5) is 37.8. The average molecular weight is 829 g/mol. The minimum absolute atomic E-state index is 0.0758. The maximum atomic E-state index is 12.8. The molecule has 0 rings (SSSR count). The third-order valence-corrected chi connectivity index (χ3v) is 11.1. The number of ether oxygens (including phenoxy) is 3. The van der Waals surface area contributed by atoms with Crippen LogP contribution in [0.3, 0.4) is 0 Å². The van der Waals surface area contributed by atoms with Crippen molar-refractivity contribution in [1.82, 2.24) is 0 Å². The zero-order valence-corrected chi connectivity index (χ0v) is 39.3. The van der Waals surface area contributed by atoms with Gasteiger partial charge in [0.1, 0.15) is 13.2 Å². The second-order valence-electron chi connectivity index (χ2n) is 17.1. The number of esters is 3. The summed E-state index contributed by atoms with van der Waals surface area (Å²) in [6.07, 6.45) is 55.5. The molecule has 6 heteroatoms. The number of unbranched alkanes of at least 4 members (excludes halogenated alkanes) is 29. The molecule has 59 heavy (non-hydrogen) atoms. The molecular weight excluding hydrogens is 733 g/mol. The van der Waals surface area contributed by atoms with Gasteiger partial charge in [-0.15, -0.1) is 0 Å². The lowest BCUT2D eigenvalue weighted by Crippen LogP contribution is -2.30. The van der Waals surface area contributed by atoms with Gasteiger partial charge < -0.3 is 14.2 Å². The van der Waals surface area contributed by atoms with Gasteiger partial charge >= 0.3 is 17.9 Å². The van der Waals surface area contributed by atoms with Crippen molar-refractivity contribution in [2.45, 2.75) is 271 Å². The van der Waals surface area contributed by atoms with Gasteiger partial charge in [-0.3, -0.25) is 14.4 Å². The SMILES string of the molecule is CCCCCC/C=C\C/C=C\CCCCCCCCCC(=O)OCC(COC(=O)CCCCCCCCCCC)OC(=O)CCCCCCC/C=C\CCCCCCC. The van der Waals surface area contributed by atoms with Crippen LogP contribution in [0, 0.1) is 0 Å². The van der Waals surface area contributed by atoms with Gasteiger partial charge in [0.25, 0.3) is 0 Å². The van der Waals surface area contributed by atoms with Crippen LogP contribution in [0.5, 0.6) is 0 Å². The van der Waals surface area contributed by atoms with E-state index in [1.165, 1.54) is 148 Å². The molecule has 0 aromatic rings. The molecule has 0 aromatic heterocycles. The Labute approximate surface area is 365 Å². The standard InChI is InChI=1S/C53H96O6/c1-4-7-10-13-16-19-21-23-25-26-27-28-30-31-34-37-40-43-46-52(55)58-49-50(48-57-51(54)45-42-39-36-33-18-15-12-9-6-3)59-53(56)47-44-41-38-35-32-29-24-22-20-17-14-11-8-5-2/h19,21-22,24-26,50H,4-18,20,23,27-49H2,1-3H3/b21-19-,24-22-,26-25-. The van der Waals surface area contributed by atoms with Crippen LogP contribution in [-0.2, 0) is 28.6 Å². The fourth-order valence-corrected chi connectivity index (χ4v) is 7.23. The molecule has 6 nitrogen and oxygen atoms in total. The van der Waals surface area contributed by atoms with Crippen molar-refractivity contribution in [2.24, 2.45) is 0 Å². The molecule has 0 N–H and O–H groups in total. The van der Waals surface area contributed by atoms with E-state index in [0.29, 0.717) is 19.3 Å². The molecule has 0 aliphatic carbocycles. The van der Waals surface area contributed by atoms with E-state index in [-0.39, 0.29) is 31.1 Å². The summed E-state index contributed by atoms with van der Waals surface area (Å²) in [5.41, 5.74) is 0. The van der Waals surface area contributed by atoms with E-state index in [2.05, 4.69) is 57.2 Å². The Bertz CT molecular complexity index is 1000. The molecule has 344 valence electrons. The van der Waals surface area contributed by atoms with E-state index in [4.69, 9.17) is 14.2 Å². The van der Waals surface area contributed by atoms with Gasteiger partial charge in [0.05, 0.1) is 0 Å². The van der Waals surface area contributed by atoms with Crippen LogP contribution >= 0.6 is 0 Å².